The maximum Gasteiger partial charge on any atom is 0.407 e. The van der Waals surface area contributed by atoms with Crippen LogP contribution in [0.1, 0.15) is 37.3 Å². The lowest BCUT2D eigenvalue weighted by molar-refractivity contribution is 0.0744. The summed E-state index contributed by atoms with van der Waals surface area (Å²) in [6, 6.07) is 11.7. The van der Waals surface area contributed by atoms with Crippen LogP contribution in [0.3, 0.4) is 0 Å². The van der Waals surface area contributed by atoms with E-state index in [4.69, 9.17) is 9.84 Å². The fourth-order valence-corrected chi connectivity index (χ4v) is 3.67. The molecule has 1 atom stereocenters. The zero-order valence-electron chi connectivity index (χ0n) is 14.7. The van der Waals surface area contributed by atoms with E-state index in [1.165, 1.54) is 10.5 Å². The molecular formula is C19H29N3O3. The Labute approximate surface area is 149 Å². The zero-order valence-corrected chi connectivity index (χ0v) is 14.7. The van der Waals surface area contributed by atoms with Gasteiger partial charge in [-0.2, -0.15) is 0 Å². The van der Waals surface area contributed by atoms with Crippen LogP contribution in [0.5, 0.6) is 0 Å². The summed E-state index contributed by atoms with van der Waals surface area (Å²) in [5.41, 5.74) is 1.30. The largest absolute Gasteiger partial charge is 0.465 e. The second kappa shape index (κ2) is 9.17. The van der Waals surface area contributed by atoms with Gasteiger partial charge in [0.2, 0.25) is 0 Å². The number of hydrogen-bond acceptors (Lipinski definition) is 4. The van der Waals surface area contributed by atoms with Gasteiger partial charge in [0.15, 0.2) is 0 Å². The summed E-state index contributed by atoms with van der Waals surface area (Å²) in [7, 11) is 0. The van der Waals surface area contributed by atoms with Gasteiger partial charge in [0.1, 0.15) is 0 Å². The highest BCUT2D eigenvalue weighted by molar-refractivity contribution is 5.65. The Kier molecular flexibility index (Phi) is 6.67. The van der Waals surface area contributed by atoms with Crippen molar-refractivity contribution in [3.8, 4) is 0 Å². The highest BCUT2D eigenvalue weighted by Gasteiger charge is 2.24. The lowest BCUT2D eigenvalue weighted by Crippen LogP contribution is -2.47. The van der Waals surface area contributed by atoms with Crippen LogP contribution in [-0.4, -0.2) is 61.0 Å². The quantitative estimate of drug-likeness (QED) is 0.736. The molecule has 0 radical (unpaired) electrons. The summed E-state index contributed by atoms with van der Waals surface area (Å²) in [6.07, 6.45) is 3.07. The SMILES string of the molecule is O=C(O)N1CCC(NCC(NC2CCOCC2)c2ccccc2)CC1. The summed E-state index contributed by atoms with van der Waals surface area (Å²) in [5, 5.41) is 16.5. The average Bonchev–Trinajstić information content (AvgIpc) is 2.67. The van der Waals surface area contributed by atoms with Crippen molar-refractivity contribution in [2.75, 3.05) is 32.8 Å². The van der Waals surface area contributed by atoms with Gasteiger partial charge in [0, 0.05) is 51.0 Å². The molecule has 25 heavy (non-hydrogen) atoms. The van der Waals surface area contributed by atoms with Crippen LogP contribution in [0.15, 0.2) is 30.3 Å². The number of amides is 1. The molecule has 1 aromatic carbocycles. The maximum atomic E-state index is 11.0. The minimum absolute atomic E-state index is 0.266. The second-order valence-corrected chi connectivity index (χ2v) is 6.97. The molecule has 1 unspecified atom stereocenters. The van der Waals surface area contributed by atoms with Gasteiger partial charge >= 0.3 is 6.09 Å². The summed E-state index contributed by atoms with van der Waals surface area (Å²) >= 11 is 0. The van der Waals surface area contributed by atoms with E-state index in [9.17, 15) is 4.79 Å². The van der Waals surface area contributed by atoms with Crippen molar-refractivity contribution in [3.63, 3.8) is 0 Å². The minimum atomic E-state index is -0.804. The normalized spacial score (nSPS) is 21.2. The van der Waals surface area contributed by atoms with Crippen LogP contribution in [0, 0.1) is 0 Å². The van der Waals surface area contributed by atoms with Crippen molar-refractivity contribution < 1.29 is 14.6 Å². The Hall–Kier alpha value is -1.63. The van der Waals surface area contributed by atoms with Gasteiger partial charge in [-0.05, 0) is 31.2 Å². The molecular weight excluding hydrogens is 318 g/mol. The monoisotopic (exact) mass is 347 g/mol. The molecule has 2 aliphatic rings. The number of piperidine rings is 1. The van der Waals surface area contributed by atoms with Crippen LogP contribution in [0.2, 0.25) is 0 Å². The maximum absolute atomic E-state index is 11.0. The molecule has 0 aromatic heterocycles. The molecule has 0 saturated carbocycles. The molecule has 2 aliphatic heterocycles. The van der Waals surface area contributed by atoms with Gasteiger partial charge < -0.3 is 25.4 Å². The molecule has 2 fully saturated rings. The Morgan fingerprint density at radius 2 is 1.80 bits per heavy atom. The van der Waals surface area contributed by atoms with Crippen LogP contribution in [-0.2, 0) is 4.74 Å². The molecule has 3 N–H and O–H groups in total. The standard InChI is InChI=1S/C19H29N3O3/c23-19(24)22-10-6-16(7-11-22)20-14-18(15-4-2-1-3-5-15)21-17-8-12-25-13-9-17/h1-5,16-18,20-21H,6-14H2,(H,23,24). The van der Waals surface area contributed by atoms with Gasteiger partial charge in [-0.1, -0.05) is 30.3 Å². The second-order valence-electron chi connectivity index (χ2n) is 6.97. The number of nitrogens with one attached hydrogen (secondary N) is 2. The molecule has 0 aliphatic carbocycles. The van der Waals surface area contributed by atoms with E-state index in [0.717, 1.165) is 45.4 Å². The molecule has 6 heteroatoms. The first-order chi connectivity index (χ1) is 12.2. The molecule has 1 aromatic rings. The van der Waals surface area contributed by atoms with Gasteiger partial charge in [0.25, 0.3) is 0 Å². The molecule has 2 heterocycles. The molecule has 3 rings (SSSR count). The molecule has 6 nitrogen and oxygen atoms in total. The van der Waals surface area contributed by atoms with Crippen molar-refractivity contribution in [2.24, 2.45) is 0 Å². The van der Waals surface area contributed by atoms with E-state index >= 15 is 0 Å². The molecule has 0 bridgehead atoms. The summed E-state index contributed by atoms with van der Waals surface area (Å²) in [6.45, 7) is 3.77. The Bertz CT molecular complexity index is 526. The third kappa shape index (κ3) is 5.42. The number of benzene rings is 1. The fraction of sp³-hybridized carbons (Fsp3) is 0.632. The predicted molar refractivity (Wildman–Crippen MR) is 96.8 cm³/mol. The van der Waals surface area contributed by atoms with Crippen LogP contribution in [0.25, 0.3) is 0 Å². The topological polar surface area (TPSA) is 73.8 Å². The Morgan fingerprint density at radius 1 is 1.12 bits per heavy atom. The number of carboxylic acid groups (broad SMARTS) is 1. The summed E-state index contributed by atoms with van der Waals surface area (Å²) < 4.78 is 5.46. The molecule has 2 saturated heterocycles. The van der Waals surface area contributed by atoms with Crippen LogP contribution in [0.4, 0.5) is 4.79 Å². The molecule has 138 valence electrons. The van der Waals surface area contributed by atoms with E-state index in [2.05, 4.69) is 34.9 Å². The van der Waals surface area contributed by atoms with Crippen molar-refractivity contribution in [2.45, 2.75) is 43.8 Å². The lowest BCUT2D eigenvalue weighted by atomic mass is 10.0. The summed E-state index contributed by atoms with van der Waals surface area (Å²) in [5.74, 6) is 0. The van der Waals surface area contributed by atoms with Crippen LogP contribution < -0.4 is 10.6 Å². The van der Waals surface area contributed by atoms with E-state index < -0.39 is 6.09 Å². The number of likely N-dealkylation sites (tertiary alicyclic amines) is 1. The molecule has 1 amide bonds. The van der Waals surface area contributed by atoms with Crippen LogP contribution >= 0.6 is 0 Å². The van der Waals surface area contributed by atoms with E-state index in [1.54, 1.807) is 0 Å². The summed E-state index contributed by atoms with van der Waals surface area (Å²) in [4.78, 5) is 12.5. The van der Waals surface area contributed by atoms with Gasteiger partial charge in [-0.15, -0.1) is 0 Å². The Morgan fingerprint density at radius 3 is 2.44 bits per heavy atom. The number of hydrogen-bond donors (Lipinski definition) is 3. The van der Waals surface area contributed by atoms with Gasteiger partial charge in [-0.3, -0.25) is 0 Å². The first-order valence-corrected chi connectivity index (χ1v) is 9.32. The smallest absolute Gasteiger partial charge is 0.407 e. The number of nitrogens with zero attached hydrogens (tertiary/aromatic N) is 1. The lowest BCUT2D eigenvalue weighted by Gasteiger charge is -2.33. The number of ether oxygens (including phenoxy) is 1. The van der Waals surface area contributed by atoms with Crippen molar-refractivity contribution >= 4 is 6.09 Å². The first kappa shape index (κ1) is 18.2. The van der Waals surface area contributed by atoms with E-state index in [1.807, 2.05) is 6.07 Å². The number of carbonyl (C=O) groups is 1. The molecule has 0 spiro atoms. The minimum Gasteiger partial charge on any atom is -0.465 e. The average molecular weight is 347 g/mol. The van der Waals surface area contributed by atoms with Crippen molar-refractivity contribution in [3.05, 3.63) is 35.9 Å². The zero-order chi connectivity index (χ0) is 17.5. The van der Waals surface area contributed by atoms with Crippen molar-refractivity contribution in [1.29, 1.82) is 0 Å². The van der Waals surface area contributed by atoms with E-state index in [0.29, 0.717) is 25.2 Å². The Balaban J connectivity index is 1.53. The fourth-order valence-electron chi connectivity index (χ4n) is 3.67. The predicted octanol–water partition coefficient (Wildman–Crippen LogP) is 2.23. The first-order valence-electron chi connectivity index (χ1n) is 9.32. The highest BCUT2D eigenvalue weighted by atomic mass is 16.5. The van der Waals surface area contributed by atoms with Gasteiger partial charge in [0.05, 0.1) is 0 Å². The third-order valence-corrected chi connectivity index (χ3v) is 5.24. The van der Waals surface area contributed by atoms with Crippen molar-refractivity contribution in [1.82, 2.24) is 15.5 Å². The highest BCUT2D eigenvalue weighted by Crippen LogP contribution is 2.18. The van der Waals surface area contributed by atoms with Gasteiger partial charge in [-0.25, -0.2) is 4.79 Å². The number of rotatable bonds is 6. The van der Waals surface area contributed by atoms with E-state index in [-0.39, 0.29) is 6.04 Å². The third-order valence-electron chi connectivity index (χ3n) is 5.24.